The summed E-state index contributed by atoms with van der Waals surface area (Å²) < 4.78 is 4.43. The maximum atomic E-state index is 10.7. The van der Waals surface area contributed by atoms with Crippen LogP contribution in [-0.4, -0.2) is 13.1 Å². The fourth-order valence-electron chi connectivity index (χ4n) is 0.907. The molecule has 0 aromatic heterocycles. The van der Waals surface area contributed by atoms with E-state index in [1.165, 1.54) is 13.7 Å². The van der Waals surface area contributed by atoms with Gasteiger partial charge in [0, 0.05) is 6.54 Å². The number of hydrogen-bond donors (Lipinski definition) is 1. The van der Waals surface area contributed by atoms with Gasteiger partial charge >= 0.3 is 5.97 Å². The predicted molar refractivity (Wildman–Crippen MR) is 49.6 cm³/mol. The number of carbonyl (C=O) groups excluding carboxylic acids is 1. The summed E-state index contributed by atoms with van der Waals surface area (Å²) in [6, 6.07) is 9.83. The van der Waals surface area contributed by atoms with Gasteiger partial charge in [-0.2, -0.15) is 0 Å². The topological polar surface area (TPSA) is 38.3 Å². The Morgan fingerprint density at radius 2 is 2.15 bits per heavy atom. The summed E-state index contributed by atoms with van der Waals surface area (Å²) in [5.74, 6) is -0.365. The predicted octanol–water partition coefficient (Wildman–Crippen LogP) is 1.11. The highest BCUT2D eigenvalue weighted by atomic mass is 16.5. The Kier molecular flexibility index (Phi) is 3.99. The molecule has 13 heavy (non-hydrogen) atoms. The normalized spacial score (nSPS) is 9.62. The second-order valence-corrected chi connectivity index (χ2v) is 2.53. The van der Waals surface area contributed by atoms with Gasteiger partial charge in [0.15, 0.2) is 0 Å². The van der Waals surface area contributed by atoms with Gasteiger partial charge in [0.1, 0.15) is 6.54 Å². The van der Waals surface area contributed by atoms with E-state index in [1.54, 1.807) is 0 Å². The average Bonchev–Trinajstić information content (AvgIpc) is 2.19. The summed E-state index contributed by atoms with van der Waals surface area (Å²) in [7, 11) is 1.35. The molecule has 3 heteroatoms. The van der Waals surface area contributed by atoms with Crippen molar-refractivity contribution in [2.45, 2.75) is 6.54 Å². The standard InChI is InChI=1S/C10H12NO2/c1-13-10(12)8-11-7-9-5-3-2-4-6-9/h2-6,8,11H,7H2,1H3. The molecule has 0 heterocycles. The van der Waals surface area contributed by atoms with Crippen LogP contribution in [0.25, 0.3) is 0 Å². The molecule has 0 aliphatic carbocycles. The van der Waals surface area contributed by atoms with E-state index in [0.717, 1.165) is 5.56 Å². The van der Waals surface area contributed by atoms with Crippen molar-refractivity contribution in [3.63, 3.8) is 0 Å². The molecule has 3 nitrogen and oxygen atoms in total. The van der Waals surface area contributed by atoms with Gasteiger partial charge in [0.05, 0.1) is 7.11 Å². The Labute approximate surface area is 77.7 Å². The molecule has 1 aromatic rings. The Morgan fingerprint density at radius 3 is 2.77 bits per heavy atom. The summed E-state index contributed by atoms with van der Waals surface area (Å²) >= 11 is 0. The summed E-state index contributed by atoms with van der Waals surface area (Å²) in [5.41, 5.74) is 1.13. The van der Waals surface area contributed by atoms with Crippen LogP contribution in [0.4, 0.5) is 0 Å². The van der Waals surface area contributed by atoms with Crippen molar-refractivity contribution < 1.29 is 9.53 Å². The SMILES string of the molecule is COC(=O)[CH]NCc1ccccc1. The van der Waals surface area contributed by atoms with Crippen LogP contribution in [0.5, 0.6) is 0 Å². The zero-order valence-electron chi connectivity index (χ0n) is 7.49. The lowest BCUT2D eigenvalue weighted by atomic mass is 10.2. The first-order valence-electron chi connectivity index (χ1n) is 4.01. The molecule has 0 aliphatic rings. The maximum absolute atomic E-state index is 10.7. The summed E-state index contributed by atoms with van der Waals surface area (Å²) in [4.78, 5) is 10.7. The van der Waals surface area contributed by atoms with E-state index in [2.05, 4.69) is 10.1 Å². The van der Waals surface area contributed by atoms with Gasteiger partial charge in [-0.25, -0.2) is 0 Å². The van der Waals surface area contributed by atoms with Crippen molar-refractivity contribution in [1.29, 1.82) is 0 Å². The minimum absolute atomic E-state index is 0.365. The molecule has 0 saturated heterocycles. The molecule has 0 unspecified atom stereocenters. The van der Waals surface area contributed by atoms with Crippen molar-refractivity contribution in [3.05, 3.63) is 42.4 Å². The fraction of sp³-hybridized carbons (Fsp3) is 0.200. The molecular weight excluding hydrogens is 166 g/mol. The second kappa shape index (κ2) is 5.32. The Morgan fingerprint density at radius 1 is 1.46 bits per heavy atom. The highest BCUT2D eigenvalue weighted by Crippen LogP contribution is 1.97. The smallest absolute Gasteiger partial charge is 0.325 e. The highest BCUT2D eigenvalue weighted by Gasteiger charge is 1.98. The largest absolute Gasteiger partial charge is 0.468 e. The molecule has 1 radical (unpaired) electrons. The number of nitrogens with one attached hydrogen (secondary N) is 1. The van der Waals surface area contributed by atoms with Gasteiger partial charge in [0.25, 0.3) is 0 Å². The minimum Gasteiger partial charge on any atom is -0.468 e. The molecule has 0 atom stereocenters. The van der Waals surface area contributed by atoms with Crippen LogP contribution in [0.3, 0.4) is 0 Å². The van der Waals surface area contributed by atoms with E-state index in [9.17, 15) is 4.79 Å². The first-order valence-corrected chi connectivity index (χ1v) is 4.01. The van der Waals surface area contributed by atoms with Crippen LogP contribution in [0.1, 0.15) is 5.56 Å². The molecule has 1 aromatic carbocycles. The van der Waals surface area contributed by atoms with E-state index < -0.39 is 0 Å². The Hall–Kier alpha value is -1.35. The van der Waals surface area contributed by atoms with Crippen molar-refractivity contribution in [2.75, 3.05) is 7.11 Å². The van der Waals surface area contributed by atoms with Crippen molar-refractivity contribution in [1.82, 2.24) is 5.32 Å². The minimum atomic E-state index is -0.365. The molecule has 0 amide bonds. The zero-order chi connectivity index (χ0) is 9.52. The Bertz CT molecular complexity index is 259. The fourth-order valence-corrected chi connectivity index (χ4v) is 0.907. The number of hydrogen-bond acceptors (Lipinski definition) is 3. The quantitative estimate of drug-likeness (QED) is 0.702. The summed E-state index contributed by atoms with van der Waals surface area (Å²) in [5, 5.41) is 2.85. The zero-order valence-corrected chi connectivity index (χ0v) is 7.49. The molecule has 1 N–H and O–H groups in total. The molecule has 1 rings (SSSR count). The van der Waals surface area contributed by atoms with Gasteiger partial charge in [0.2, 0.25) is 0 Å². The Balaban J connectivity index is 2.24. The molecular formula is C10H12NO2. The molecule has 69 valence electrons. The van der Waals surface area contributed by atoms with Crippen LogP contribution < -0.4 is 5.32 Å². The lowest BCUT2D eigenvalue weighted by Gasteiger charge is -2.01. The van der Waals surface area contributed by atoms with Gasteiger partial charge in [-0.15, -0.1) is 0 Å². The van der Waals surface area contributed by atoms with Crippen molar-refractivity contribution in [2.24, 2.45) is 0 Å². The van der Waals surface area contributed by atoms with Gasteiger partial charge in [-0.05, 0) is 5.56 Å². The lowest BCUT2D eigenvalue weighted by Crippen LogP contribution is -2.17. The molecule has 0 saturated carbocycles. The first kappa shape index (κ1) is 9.74. The average molecular weight is 178 g/mol. The number of ether oxygens (including phenoxy) is 1. The van der Waals surface area contributed by atoms with E-state index in [-0.39, 0.29) is 5.97 Å². The number of rotatable bonds is 4. The van der Waals surface area contributed by atoms with Crippen molar-refractivity contribution in [3.8, 4) is 0 Å². The van der Waals surface area contributed by atoms with Crippen molar-refractivity contribution >= 4 is 5.97 Å². The summed E-state index contributed by atoms with van der Waals surface area (Å²) in [6.45, 7) is 1.95. The third-order valence-corrected chi connectivity index (χ3v) is 1.57. The number of carbonyl (C=O) groups is 1. The van der Waals surface area contributed by atoms with Crippen LogP contribution in [0.15, 0.2) is 30.3 Å². The lowest BCUT2D eigenvalue weighted by molar-refractivity contribution is -0.137. The molecule has 0 spiro atoms. The van der Waals surface area contributed by atoms with Gasteiger partial charge in [-0.1, -0.05) is 30.3 Å². The maximum Gasteiger partial charge on any atom is 0.325 e. The van der Waals surface area contributed by atoms with E-state index in [4.69, 9.17) is 0 Å². The van der Waals surface area contributed by atoms with E-state index >= 15 is 0 Å². The highest BCUT2D eigenvalue weighted by molar-refractivity contribution is 5.77. The van der Waals surface area contributed by atoms with E-state index in [1.807, 2.05) is 30.3 Å². The summed E-state index contributed by atoms with van der Waals surface area (Å²) in [6.07, 6.45) is 0. The van der Waals surface area contributed by atoms with Crippen LogP contribution >= 0.6 is 0 Å². The second-order valence-electron chi connectivity index (χ2n) is 2.53. The third kappa shape index (κ3) is 3.71. The van der Waals surface area contributed by atoms with E-state index in [0.29, 0.717) is 6.54 Å². The first-order chi connectivity index (χ1) is 6.33. The number of methoxy groups -OCH3 is 1. The molecule has 0 aliphatic heterocycles. The molecule has 0 fully saturated rings. The van der Waals surface area contributed by atoms with Crippen LogP contribution in [0, 0.1) is 6.54 Å². The van der Waals surface area contributed by atoms with Crippen LogP contribution in [0.2, 0.25) is 0 Å². The monoisotopic (exact) mass is 178 g/mol. The van der Waals surface area contributed by atoms with Crippen LogP contribution in [-0.2, 0) is 16.1 Å². The van der Waals surface area contributed by atoms with Gasteiger partial charge < -0.3 is 4.74 Å². The number of esters is 1. The number of benzene rings is 1. The third-order valence-electron chi connectivity index (χ3n) is 1.57. The van der Waals surface area contributed by atoms with Gasteiger partial charge in [-0.3, -0.25) is 10.1 Å². The molecule has 0 bridgehead atoms.